The topological polar surface area (TPSA) is 40.2 Å². The highest BCUT2D eigenvalue weighted by molar-refractivity contribution is 5.46. The minimum Gasteiger partial charge on any atom is -0.493 e. The SMILES string of the molecule is CC(C)CC1(C)OC1CCC(C)CCOc1ccc2c(c1)OCO2. The molecule has 0 aromatic heterocycles. The summed E-state index contributed by atoms with van der Waals surface area (Å²) in [5.41, 5.74) is 0.136. The Morgan fingerprint density at radius 2 is 1.96 bits per heavy atom. The average Bonchev–Trinajstić information content (AvgIpc) is 2.94. The van der Waals surface area contributed by atoms with Crippen LogP contribution in [0.4, 0.5) is 0 Å². The van der Waals surface area contributed by atoms with E-state index in [0.29, 0.717) is 24.7 Å². The Balaban J connectivity index is 1.33. The van der Waals surface area contributed by atoms with Crippen molar-refractivity contribution in [2.45, 2.75) is 65.1 Å². The average molecular weight is 334 g/mol. The monoisotopic (exact) mass is 334 g/mol. The van der Waals surface area contributed by atoms with Crippen LogP contribution in [0.25, 0.3) is 0 Å². The summed E-state index contributed by atoms with van der Waals surface area (Å²) in [6.07, 6.45) is 5.04. The first kappa shape index (κ1) is 17.4. The van der Waals surface area contributed by atoms with Gasteiger partial charge in [-0.1, -0.05) is 20.8 Å². The van der Waals surface area contributed by atoms with Crippen LogP contribution in [0.3, 0.4) is 0 Å². The summed E-state index contributed by atoms with van der Waals surface area (Å²) >= 11 is 0. The van der Waals surface area contributed by atoms with Crippen LogP contribution in [-0.4, -0.2) is 25.1 Å². The van der Waals surface area contributed by atoms with E-state index in [9.17, 15) is 0 Å². The number of hydrogen-bond acceptors (Lipinski definition) is 4. The lowest BCUT2D eigenvalue weighted by Crippen LogP contribution is -2.14. The van der Waals surface area contributed by atoms with Gasteiger partial charge < -0.3 is 18.9 Å². The molecule has 134 valence electrons. The zero-order valence-corrected chi connectivity index (χ0v) is 15.3. The van der Waals surface area contributed by atoms with Crippen LogP contribution in [0.5, 0.6) is 17.2 Å². The van der Waals surface area contributed by atoms with Crippen molar-refractivity contribution in [1.82, 2.24) is 0 Å². The lowest BCUT2D eigenvalue weighted by atomic mass is 9.91. The molecule has 0 N–H and O–H groups in total. The van der Waals surface area contributed by atoms with Gasteiger partial charge in [0.25, 0.3) is 0 Å². The summed E-state index contributed by atoms with van der Waals surface area (Å²) < 4.78 is 22.5. The Morgan fingerprint density at radius 1 is 1.17 bits per heavy atom. The van der Waals surface area contributed by atoms with E-state index in [-0.39, 0.29) is 5.60 Å². The third kappa shape index (κ3) is 4.35. The van der Waals surface area contributed by atoms with Crippen molar-refractivity contribution in [3.8, 4) is 17.2 Å². The fraction of sp³-hybridized carbons (Fsp3) is 0.700. The van der Waals surface area contributed by atoms with E-state index in [0.717, 1.165) is 36.7 Å². The molecule has 1 fully saturated rings. The third-order valence-corrected chi connectivity index (χ3v) is 4.99. The molecule has 1 saturated heterocycles. The van der Waals surface area contributed by atoms with Gasteiger partial charge in [0, 0.05) is 6.07 Å². The fourth-order valence-corrected chi connectivity index (χ4v) is 3.57. The molecule has 0 aliphatic carbocycles. The highest BCUT2D eigenvalue weighted by atomic mass is 16.7. The van der Waals surface area contributed by atoms with Gasteiger partial charge >= 0.3 is 0 Å². The molecule has 0 radical (unpaired) electrons. The molecule has 3 rings (SSSR count). The highest BCUT2D eigenvalue weighted by Crippen LogP contribution is 2.44. The molecule has 2 aliphatic heterocycles. The van der Waals surface area contributed by atoms with Gasteiger partial charge in [-0.2, -0.15) is 0 Å². The summed E-state index contributed by atoms with van der Waals surface area (Å²) in [5.74, 6) is 3.76. The van der Waals surface area contributed by atoms with Crippen molar-refractivity contribution in [3.63, 3.8) is 0 Å². The van der Waals surface area contributed by atoms with Gasteiger partial charge in [0.2, 0.25) is 6.79 Å². The van der Waals surface area contributed by atoms with Crippen LogP contribution < -0.4 is 14.2 Å². The van der Waals surface area contributed by atoms with Crippen molar-refractivity contribution in [2.24, 2.45) is 11.8 Å². The maximum Gasteiger partial charge on any atom is 0.231 e. The van der Waals surface area contributed by atoms with Crippen molar-refractivity contribution < 1.29 is 18.9 Å². The quantitative estimate of drug-likeness (QED) is 0.608. The molecule has 2 heterocycles. The predicted molar refractivity (Wildman–Crippen MR) is 93.8 cm³/mol. The van der Waals surface area contributed by atoms with E-state index in [2.05, 4.69) is 27.7 Å². The molecule has 0 amide bonds. The van der Waals surface area contributed by atoms with E-state index in [1.807, 2.05) is 18.2 Å². The summed E-state index contributed by atoms with van der Waals surface area (Å²) in [5, 5.41) is 0. The first-order valence-corrected chi connectivity index (χ1v) is 9.16. The molecule has 4 nitrogen and oxygen atoms in total. The first-order chi connectivity index (χ1) is 11.5. The van der Waals surface area contributed by atoms with Crippen LogP contribution in [0.2, 0.25) is 0 Å². The maximum atomic E-state index is 5.93. The molecular weight excluding hydrogens is 304 g/mol. The minimum atomic E-state index is 0.136. The molecule has 1 aromatic rings. The van der Waals surface area contributed by atoms with E-state index in [4.69, 9.17) is 18.9 Å². The van der Waals surface area contributed by atoms with Gasteiger partial charge in [-0.25, -0.2) is 0 Å². The van der Waals surface area contributed by atoms with Crippen LogP contribution >= 0.6 is 0 Å². The predicted octanol–water partition coefficient (Wildman–Crippen LogP) is 4.80. The second-order valence-corrected chi connectivity index (χ2v) is 7.85. The zero-order chi connectivity index (χ0) is 17.2. The van der Waals surface area contributed by atoms with Crippen molar-refractivity contribution >= 4 is 0 Å². The lowest BCUT2D eigenvalue weighted by Gasteiger charge is -2.13. The first-order valence-electron chi connectivity index (χ1n) is 9.16. The van der Waals surface area contributed by atoms with E-state index < -0.39 is 0 Å². The molecule has 0 spiro atoms. The number of fused-ring (bicyclic) bond motifs is 1. The minimum absolute atomic E-state index is 0.136. The lowest BCUT2D eigenvalue weighted by molar-refractivity contribution is 0.173. The fourth-order valence-electron chi connectivity index (χ4n) is 3.57. The standard InChI is InChI=1S/C20H30O4/c1-14(2)12-20(4)19(24-20)8-5-15(3)9-10-21-16-6-7-17-18(11-16)23-13-22-17/h6-7,11,14-15,19H,5,8-10,12-13H2,1-4H3. The van der Waals surface area contributed by atoms with Gasteiger partial charge in [-0.3, -0.25) is 0 Å². The summed E-state index contributed by atoms with van der Waals surface area (Å²) in [6, 6.07) is 5.75. The van der Waals surface area contributed by atoms with Gasteiger partial charge in [0.1, 0.15) is 5.75 Å². The second-order valence-electron chi connectivity index (χ2n) is 7.85. The Labute approximate surface area is 145 Å². The number of epoxide rings is 1. The van der Waals surface area contributed by atoms with E-state index >= 15 is 0 Å². The molecule has 24 heavy (non-hydrogen) atoms. The van der Waals surface area contributed by atoms with Crippen LogP contribution in [0.1, 0.15) is 53.4 Å². The molecule has 1 aromatic carbocycles. The smallest absolute Gasteiger partial charge is 0.231 e. The number of ether oxygens (including phenoxy) is 4. The van der Waals surface area contributed by atoms with Crippen LogP contribution in [0, 0.1) is 11.8 Å². The Hall–Kier alpha value is -1.42. The molecule has 3 atom stereocenters. The largest absolute Gasteiger partial charge is 0.493 e. The molecule has 0 saturated carbocycles. The third-order valence-electron chi connectivity index (χ3n) is 4.99. The Bertz CT molecular complexity index is 557. The maximum absolute atomic E-state index is 5.93. The summed E-state index contributed by atoms with van der Waals surface area (Å²) in [7, 11) is 0. The summed E-state index contributed by atoms with van der Waals surface area (Å²) in [6.45, 7) is 10.1. The van der Waals surface area contributed by atoms with Gasteiger partial charge in [-0.05, 0) is 56.6 Å². The van der Waals surface area contributed by atoms with Crippen LogP contribution in [-0.2, 0) is 4.74 Å². The van der Waals surface area contributed by atoms with Crippen molar-refractivity contribution in [1.29, 1.82) is 0 Å². The Kier molecular flexibility index (Phi) is 5.24. The molecule has 3 unspecified atom stereocenters. The molecule has 4 heteroatoms. The summed E-state index contributed by atoms with van der Waals surface area (Å²) in [4.78, 5) is 0. The van der Waals surface area contributed by atoms with Gasteiger partial charge in [0.15, 0.2) is 11.5 Å². The molecule has 2 aliphatic rings. The zero-order valence-electron chi connectivity index (χ0n) is 15.3. The molecular formula is C20H30O4. The van der Waals surface area contributed by atoms with Crippen molar-refractivity contribution in [2.75, 3.05) is 13.4 Å². The van der Waals surface area contributed by atoms with Crippen LogP contribution in [0.15, 0.2) is 18.2 Å². The Morgan fingerprint density at radius 3 is 2.75 bits per heavy atom. The number of benzene rings is 1. The normalized spacial score (nSPS) is 25.8. The number of rotatable bonds is 9. The second kappa shape index (κ2) is 7.22. The molecule has 0 bridgehead atoms. The van der Waals surface area contributed by atoms with Gasteiger partial charge in [-0.15, -0.1) is 0 Å². The van der Waals surface area contributed by atoms with Gasteiger partial charge in [0.05, 0.1) is 18.3 Å². The van der Waals surface area contributed by atoms with Crippen molar-refractivity contribution in [3.05, 3.63) is 18.2 Å². The van der Waals surface area contributed by atoms with E-state index in [1.165, 1.54) is 12.8 Å². The number of hydrogen-bond donors (Lipinski definition) is 0. The highest BCUT2D eigenvalue weighted by Gasteiger charge is 2.51. The van der Waals surface area contributed by atoms with E-state index in [1.54, 1.807) is 0 Å².